The smallest absolute Gasteiger partial charge is 0.411 e. The monoisotopic (exact) mass is 340 g/mol. The van der Waals surface area contributed by atoms with E-state index in [9.17, 15) is 9.59 Å². The Morgan fingerprint density at radius 1 is 1.48 bits per heavy atom. The number of nitrogens with zero attached hydrogens (tertiary/aromatic N) is 3. The topological polar surface area (TPSA) is 76.5 Å². The van der Waals surface area contributed by atoms with Crippen LogP contribution in [0.4, 0.5) is 4.79 Å². The molecule has 8 heteroatoms. The average molecular weight is 340 g/mol. The van der Waals surface area contributed by atoms with E-state index in [0.29, 0.717) is 24.6 Å². The molecule has 7 nitrogen and oxygen atoms in total. The lowest BCUT2D eigenvalue weighted by molar-refractivity contribution is -0.125. The fraction of sp³-hybridized carbons (Fsp3) is 0.667. The SMILES string of the molecule is Cn1ccnc1CCNC(=O)C1CSCN1C(=O)OC(C)(C)C. The predicted molar refractivity (Wildman–Crippen MR) is 89.1 cm³/mol. The van der Waals surface area contributed by atoms with Gasteiger partial charge in [-0.15, -0.1) is 11.8 Å². The van der Waals surface area contributed by atoms with Crippen LogP contribution in [0.1, 0.15) is 26.6 Å². The Hall–Kier alpha value is -1.70. The van der Waals surface area contributed by atoms with E-state index in [4.69, 9.17) is 4.74 Å². The summed E-state index contributed by atoms with van der Waals surface area (Å²) in [4.78, 5) is 30.2. The quantitative estimate of drug-likeness (QED) is 0.896. The molecule has 1 atom stereocenters. The summed E-state index contributed by atoms with van der Waals surface area (Å²) >= 11 is 1.55. The molecule has 0 spiro atoms. The standard InChI is InChI=1S/C15H24N4O3S/c1-15(2,3)22-14(21)19-10-23-9-11(19)13(20)17-6-5-12-16-7-8-18(12)4/h7-8,11H,5-6,9-10H2,1-4H3,(H,17,20). The van der Waals surface area contributed by atoms with Crippen molar-refractivity contribution in [2.45, 2.75) is 38.8 Å². The molecule has 1 saturated heterocycles. The van der Waals surface area contributed by atoms with Crippen molar-refractivity contribution in [2.75, 3.05) is 18.2 Å². The van der Waals surface area contributed by atoms with Gasteiger partial charge in [0.1, 0.15) is 17.5 Å². The molecular weight excluding hydrogens is 316 g/mol. The van der Waals surface area contributed by atoms with E-state index in [1.807, 2.05) is 38.6 Å². The van der Waals surface area contributed by atoms with Gasteiger partial charge in [0.25, 0.3) is 0 Å². The molecule has 2 rings (SSSR count). The second-order valence-electron chi connectivity index (χ2n) is 6.46. The third-order valence-corrected chi connectivity index (χ3v) is 4.39. The van der Waals surface area contributed by atoms with Gasteiger partial charge in [-0.25, -0.2) is 9.78 Å². The van der Waals surface area contributed by atoms with Gasteiger partial charge in [0.05, 0.1) is 5.88 Å². The maximum absolute atomic E-state index is 12.3. The molecule has 0 bridgehead atoms. The summed E-state index contributed by atoms with van der Waals surface area (Å²) in [6.45, 7) is 5.94. The number of amides is 2. The number of carbonyl (C=O) groups is 2. The van der Waals surface area contributed by atoms with E-state index in [-0.39, 0.29) is 5.91 Å². The third kappa shape index (κ3) is 4.89. The number of carbonyl (C=O) groups excluding carboxylic acids is 2. The molecule has 1 fully saturated rings. The molecule has 0 aromatic carbocycles. The van der Waals surface area contributed by atoms with Crippen molar-refractivity contribution in [3.63, 3.8) is 0 Å². The number of imidazole rings is 1. The van der Waals surface area contributed by atoms with E-state index in [2.05, 4.69) is 10.3 Å². The number of thioether (sulfide) groups is 1. The number of nitrogens with one attached hydrogen (secondary N) is 1. The molecular formula is C15H24N4O3S. The highest BCUT2D eigenvalue weighted by Crippen LogP contribution is 2.23. The van der Waals surface area contributed by atoms with Crippen molar-refractivity contribution in [3.8, 4) is 0 Å². The zero-order valence-electron chi connectivity index (χ0n) is 14.0. The van der Waals surface area contributed by atoms with Gasteiger partial charge in [0, 0.05) is 38.2 Å². The Bertz CT molecular complexity index is 567. The molecule has 1 aromatic heterocycles. The summed E-state index contributed by atoms with van der Waals surface area (Å²) in [7, 11) is 1.92. The lowest BCUT2D eigenvalue weighted by Gasteiger charge is -2.27. The lowest BCUT2D eigenvalue weighted by Crippen LogP contribution is -2.49. The minimum atomic E-state index is -0.566. The van der Waals surface area contributed by atoms with Gasteiger partial charge in [-0.2, -0.15) is 0 Å². The summed E-state index contributed by atoms with van der Waals surface area (Å²) in [6.07, 6.45) is 3.82. The summed E-state index contributed by atoms with van der Waals surface area (Å²) in [5.74, 6) is 1.84. The van der Waals surface area contributed by atoms with Crippen molar-refractivity contribution in [1.82, 2.24) is 19.8 Å². The van der Waals surface area contributed by atoms with E-state index in [0.717, 1.165) is 5.82 Å². The lowest BCUT2D eigenvalue weighted by atomic mass is 10.2. The summed E-state index contributed by atoms with van der Waals surface area (Å²) in [6, 6.07) is -0.476. The zero-order chi connectivity index (χ0) is 17.0. The Kier molecular flexibility index (Phi) is 5.56. The summed E-state index contributed by atoms with van der Waals surface area (Å²) < 4.78 is 7.28. The van der Waals surface area contributed by atoms with Crippen LogP contribution in [0.3, 0.4) is 0 Å². The van der Waals surface area contributed by atoms with Crippen molar-refractivity contribution in [2.24, 2.45) is 7.05 Å². The Balaban J connectivity index is 1.85. The molecule has 2 amide bonds. The highest BCUT2D eigenvalue weighted by Gasteiger charge is 2.36. The average Bonchev–Trinajstić information content (AvgIpc) is 3.06. The van der Waals surface area contributed by atoms with E-state index < -0.39 is 17.7 Å². The van der Waals surface area contributed by atoms with Crippen LogP contribution in [-0.2, 0) is 23.0 Å². The second-order valence-corrected chi connectivity index (χ2v) is 7.46. The summed E-state index contributed by atoms with van der Waals surface area (Å²) in [5, 5.41) is 2.88. The second kappa shape index (κ2) is 7.25. The Labute approximate surface area is 140 Å². The van der Waals surface area contributed by atoms with Crippen LogP contribution in [0.5, 0.6) is 0 Å². The first-order chi connectivity index (χ1) is 10.8. The van der Waals surface area contributed by atoms with Crippen LogP contribution in [0, 0.1) is 0 Å². The van der Waals surface area contributed by atoms with Crippen molar-refractivity contribution < 1.29 is 14.3 Å². The first-order valence-electron chi connectivity index (χ1n) is 7.59. The van der Waals surface area contributed by atoms with Crippen LogP contribution in [0.25, 0.3) is 0 Å². The minimum absolute atomic E-state index is 0.143. The Morgan fingerprint density at radius 3 is 2.83 bits per heavy atom. The zero-order valence-corrected chi connectivity index (χ0v) is 14.9. The van der Waals surface area contributed by atoms with Gasteiger partial charge in [0.15, 0.2) is 0 Å². The normalized spacial score (nSPS) is 18.1. The number of aromatic nitrogens is 2. The van der Waals surface area contributed by atoms with Gasteiger partial charge in [0.2, 0.25) is 5.91 Å². The first kappa shape index (κ1) is 17.7. The molecule has 1 unspecified atom stereocenters. The number of hydrogen-bond acceptors (Lipinski definition) is 5. The largest absolute Gasteiger partial charge is 0.444 e. The Morgan fingerprint density at radius 2 is 2.22 bits per heavy atom. The van der Waals surface area contributed by atoms with Crippen molar-refractivity contribution >= 4 is 23.8 Å². The number of ether oxygens (including phenoxy) is 1. The number of rotatable bonds is 4. The number of hydrogen-bond donors (Lipinski definition) is 1. The van der Waals surface area contributed by atoms with E-state index in [1.54, 1.807) is 18.0 Å². The number of aryl methyl sites for hydroxylation is 1. The molecule has 1 N–H and O–H groups in total. The van der Waals surface area contributed by atoms with E-state index in [1.165, 1.54) is 4.90 Å². The molecule has 0 saturated carbocycles. The van der Waals surface area contributed by atoms with Gasteiger partial charge >= 0.3 is 6.09 Å². The maximum Gasteiger partial charge on any atom is 0.411 e. The molecule has 128 valence electrons. The highest BCUT2D eigenvalue weighted by molar-refractivity contribution is 7.99. The van der Waals surface area contributed by atoms with Gasteiger partial charge < -0.3 is 14.6 Å². The van der Waals surface area contributed by atoms with E-state index >= 15 is 0 Å². The fourth-order valence-corrected chi connectivity index (χ4v) is 3.36. The van der Waals surface area contributed by atoms with Crippen LogP contribution in [0.15, 0.2) is 12.4 Å². The molecule has 1 aliphatic heterocycles. The van der Waals surface area contributed by atoms with Crippen molar-refractivity contribution in [1.29, 1.82) is 0 Å². The summed E-state index contributed by atoms with van der Waals surface area (Å²) in [5.41, 5.74) is -0.566. The van der Waals surface area contributed by atoms with Gasteiger partial charge in [-0.05, 0) is 20.8 Å². The first-order valence-corrected chi connectivity index (χ1v) is 8.74. The predicted octanol–water partition coefficient (Wildman–Crippen LogP) is 1.39. The van der Waals surface area contributed by atoms with Gasteiger partial charge in [-0.3, -0.25) is 9.69 Å². The highest BCUT2D eigenvalue weighted by atomic mass is 32.2. The molecule has 1 aromatic rings. The van der Waals surface area contributed by atoms with Crippen molar-refractivity contribution in [3.05, 3.63) is 18.2 Å². The molecule has 0 aliphatic carbocycles. The van der Waals surface area contributed by atoms with Crippen LogP contribution < -0.4 is 5.32 Å². The maximum atomic E-state index is 12.3. The molecule has 0 radical (unpaired) electrons. The third-order valence-electron chi connectivity index (χ3n) is 3.38. The van der Waals surface area contributed by atoms with Crippen LogP contribution in [-0.4, -0.2) is 56.3 Å². The van der Waals surface area contributed by atoms with Crippen LogP contribution >= 0.6 is 11.8 Å². The molecule has 2 heterocycles. The molecule has 1 aliphatic rings. The fourth-order valence-electron chi connectivity index (χ4n) is 2.21. The van der Waals surface area contributed by atoms with Crippen LogP contribution in [0.2, 0.25) is 0 Å². The minimum Gasteiger partial charge on any atom is -0.444 e. The van der Waals surface area contributed by atoms with Gasteiger partial charge in [-0.1, -0.05) is 0 Å². The molecule has 23 heavy (non-hydrogen) atoms.